The van der Waals surface area contributed by atoms with Crippen LogP contribution in [0.4, 0.5) is 0 Å². The third kappa shape index (κ3) is 2.49. The topological polar surface area (TPSA) is 89.3 Å². The van der Waals surface area contributed by atoms with Crippen LogP contribution < -0.4 is 5.32 Å². The van der Waals surface area contributed by atoms with Crippen LogP contribution >= 0.6 is 0 Å². The van der Waals surface area contributed by atoms with E-state index < -0.39 is 5.41 Å². The standard InChI is InChI=1S/C16H25N5O3/c1-10(2)21-11(3)13(18-19-21)14(22)20-7-12-8-24-6-5-16(12,9-20)15(23)17-4/h10,12H,5-9H2,1-4H3,(H,17,23)/t12-,16+/m1/s1. The minimum atomic E-state index is -0.551. The highest BCUT2D eigenvalue weighted by Gasteiger charge is 2.54. The maximum absolute atomic E-state index is 12.9. The molecule has 1 aromatic heterocycles. The molecule has 132 valence electrons. The third-order valence-corrected chi connectivity index (χ3v) is 5.29. The molecule has 2 saturated heterocycles. The summed E-state index contributed by atoms with van der Waals surface area (Å²) in [5.74, 6) is -0.138. The van der Waals surface area contributed by atoms with Gasteiger partial charge in [0.2, 0.25) is 5.91 Å². The first kappa shape index (κ1) is 16.9. The molecule has 3 heterocycles. The number of fused-ring (bicyclic) bond motifs is 1. The Kier molecular flexibility index (Phi) is 4.33. The van der Waals surface area contributed by atoms with E-state index in [0.717, 1.165) is 5.69 Å². The fourth-order valence-electron chi connectivity index (χ4n) is 3.90. The average molecular weight is 335 g/mol. The van der Waals surface area contributed by atoms with Crippen molar-refractivity contribution in [2.75, 3.05) is 33.4 Å². The third-order valence-electron chi connectivity index (χ3n) is 5.29. The van der Waals surface area contributed by atoms with Gasteiger partial charge in [-0.15, -0.1) is 5.10 Å². The zero-order chi connectivity index (χ0) is 17.5. The molecule has 0 unspecified atom stereocenters. The van der Waals surface area contributed by atoms with Crippen molar-refractivity contribution in [2.24, 2.45) is 11.3 Å². The maximum atomic E-state index is 12.9. The van der Waals surface area contributed by atoms with Gasteiger partial charge in [-0.2, -0.15) is 0 Å². The van der Waals surface area contributed by atoms with Crippen LogP contribution in [0.1, 0.15) is 42.5 Å². The van der Waals surface area contributed by atoms with Crippen molar-refractivity contribution in [3.63, 3.8) is 0 Å². The normalized spacial score (nSPS) is 26.5. The lowest BCUT2D eigenvalue weighted by molar-refractivity contribution is -0.138. The molecule has 0 bridgehead atoms. The summed E-state index contributed by atoms with van der Waals surface area (Å²) >= 11 is 0. The van der Waals surface area contributed by atoms with Crippen LogP contribution in [0.15, 0.2) is 0 Å². The van der Waals surface area contributed by atoms with Crippen LogP contribution in [0.3, 0.4) is 0 Å². The Balaban J connectivity index is 1.86. The molecule has 8 nitrogen and oxygen atoms in total. The fraction of sp³-hybridized carbons (Fsp3) is 0.750. The van der Waals surface area contributed by atoms with Crippen molar-refractivity contribution >= 4 is 11.8 Å². The van der Waals surface area contributed by atoms with Gasteiger partial charge in [-0.3, -0.25) is 9.59 Å². The van der Waals surface area contributed by atoms with E-state index in [9.17, 15) is 9.59 Å². The number of carbonyl (C=O) groups excluding carboxylic acids is 2. The summed E-state index contributed by atoms with van der Waals surface area (Å²) in [6.07, 6.45) is 0.638. The predicted octanol–water partition coefficient (Wildman–Crippen LogP) is 0.392. The SMILES string of the molecule is CNC(=O)[C@]12CCOC[C@H]1CN(C(=O)c1nnn(C(C)C)c1C)C2. The molecule has 0 aliphatic carbocycles. The molecule has 2 aliphatic heterocycles. The fourth-order valence-corrected chi connectivity index (χ4v) is 3.90. The molecule has 0 saturated carbocycles. The van der Waals surface area contributed by atoms with Crippen LogP contribution in [0.25, 0.3) is 0 Å². The number of nitrogens with zero attached hydrogens (tertiary/aromatic N) is 4. The summed E-state index contributed by atoms with van der Waals surface area (Å²) in [7, 11) is 1.65. The van der Waals surface area contributed by atoms with Gasteiger partial charge >= 0.3 is 0 Å². The van der Waals surface area contributed by atoms with Crippen LogP contribution in [0, 0.1) is 18.3 Å². The van der Waals surface area contributed by atoms with Gasteiger partial charge < -0.3 is 15.0 Å². The lowest BCUT2D eigenvalue weighted by Gasteiger charge is -2.36. The molecule has 24 heavy (non-hydrogen) atoms. The van der Waals surface area contributed by atoms with Gasteiger partial charge in [0.25, 0.3) is 5.91 Å². The number of likely N-dealkylation sites (tertiary alicyclic amines) is 1. The molecule has 0 aromatic carbocycles. The predicted molar refractivity (Wildman–Crippen MR) is 86.5 cm³/mol. The number of hydrogen-bond acceptors (Lipinski definition) is 5. The summed E-state index contributed by atoms with van der Waals surface area (Å²) in [5.41, 5.74) is 0.579. The van der Waals surface area contributed by atoms with Gasteiger partial charge in [0.05, 0.1) is 17.7 Å². The number of rotatable bonds is 3. The molecule has 1 aromatic rings. The highest BCUT2D eigenvalue weighted by atomic mass is 16.5. The van der Waals surface area contributed by atoms with E-state index in [1.807, 2.05) is 20.8 Å². The molecule has 0 radical (unpaired) electrons. The number of aromatic nitrogens is 3. The molecule has 1 N–H and O–H groups in total. The van der Waals surface area contributed by atoms with Gasteiger partial charge in [0, 0.05) is 38.7 Å². The van der Waals surface area contributed by atoms with Crippen LogP contribution in [-0.2, 0) is 9.53 Å². The summed E-state index contributed by atoms with van der Waals surface area (Å²) < 4.78 is 7.29. The Morgan fingerprint density at radius 2 is 2.17 bits per heavy atom. The second-order valence-electron chi connectivity index (χ2n) is 7.00. The van der Waals surface area contributed by atoms with E-state index in [1.54, 1.807) is 16.6 Å². The van der Waals surface area contributed by atoms with Crippen molar-refractivity contribution in [2.45, 2.75) is 33.2 Å². The molecule has 8 heteroatoms. The molecule has 2 aliphatic rings. The smallest absolute Gasteiger partial charge is 0.276 e. The summed E-state index contributed by atoms with van der Waals surface area (Å²) in [6.45, 7) is 7.83. The van der Waals surface area contributed by atoms with Crippen molar-refractivity contribution in [1.29, 1.82) is 0 Å². The minimum absolute atomic E-state index is 0.00587. The van der Waals surface area contributed by atoms with E-state index in [1.165, 1.54) is 0 Å². The molecule has 2 fully saturated rings. The molecular weight excluding hydrogens is 310 g/mol. The summed E-state index contributed by atoms with van der Waals surface area (Å²) in [6, 6.07) is 0.144. The number of ether oxygens (including phenoxy) is 1. The summed E-state index contributed by atoms with van der Waals surface area (Å²) in [4.78, 5) is 27.2. The van der Waals surface area contributed by atoms with Crippen molar-refractivity contribution < 1.29 is 14.3 Å². The second kappa shape index (κ2) is 6.16. The molecule has 2 atom stereocenters. The number of hydrogen-bond donors (Lipinski definition) is 1. The van der Waals surface area contributed by atoms with E-state index >= 15 is 0 Å². The van der Waals surface area contributed by atoms with E-state index in [-0.39, 0.29) is 23.8 Å². The molecule has 2 amide bonds. The Hall–Kier alpha value is -1.96. The first-order valence-corrected chi connectivity index (χ1v) is 8.41. The minimum Gasteiger partial charge on any atom is -0.381 e. The molecular formula is C16H25N5O3. The van der Waals surface area contributed by atoms with Gasteiger partial charge in [-0.05, 0) is 27.2 Å². The Labute approximate surface area is 141 Å². The van der Waals surface area contributed by atoms with E-state index in [4.69, 9.17) is 4.74 Å². The molecule has 0 spiro atoms. The van der Waals surface area contributed by atoms with Crippen LogP contribution in [0.5, 0.6) is 0 Å². The number of nitrogens with one attached hydrogen (secondary N) is 1. The lowest BCUT2D eigenvalue weighted by Crippen LogP contribution is -2.49. The Morgan fingerprint density at radius 1 is 1.42 bits per heavy atom. The largest absolute Gasteiger partial charge is 0.381 e. The van der Waals surface area contributed by atoms with E-state index in [2.05, 4.69) is 15.6 Å². The van der Waals surface area contributed by atoms with Crippen LogP contribution in [-0.4, -0.2) is 65.1 Å². The zero-order valence-corrected chi connectivity index (χ0v) is 14.7. The average Bonchev–Trinajstić information content (AvgIpc) is 3.14. The monoisotopic (exact) mass is 335 g/mol. The zero-order valence-electron chi connectivity index (χ0n) is 14.7. The second-order valence-corrected chi connectivity index (χ2v) is 7.00. The van der Waals surface area contributed by atoms with Gasteiger partial charge in [-0.25, -0.2) is 4.68 Å². The molecule has 3 rings (SSSR count). The highest BCUT2D eigenvalue weighted by molar-refractivity contribution is 5.94. The lowest BCUT2D eigenvalue weighted by atomic mass is 9.73. The van der Waals surface area contributed by atoms with Crippen molar-refractivity contribution in [1.82, 2.24) is 25.2 Å². The first-order chi connectivity index (χ1) is 11.4. The van der Waals surface area contributed by atoms with Gasteiger partial charge in [0.1, 0.15) is 0 Å². The van der Waals surface area contributed by atoms with Crippen molar-refractivity contribution in [3.05, 3.63) is 11.4 Å². The first-order valence-electron chi connectivity index (χ1n) is 8.41. The van der Waals surface area contributed by atoms with Crippen molar-refractivity contribution in [3.8, 4) is 0 Å². The van der Waals surface area contributed by atoms with E-state index in [0.29, 0.717) is 38.4 Å². The maximum Gasteiger partial charge on any atom is 0.276 e. The number of carbonyl (C=O) groups is 2. The Bertz CT molecular complexity index is 656. The number of amides is 2. The highest BCUT2D eigenvalue weighted by Crippen LogP contribution is 2.42. The Morgan fingerprint density at radius 3 is 2.79 bits per heavy atom. The van der Waals surface area contributed by atoms with Gasteiger partial charge in [0.15, 0.2) is 5.69 Å². The van der Waals surface area contributed by atoms with Gasteiger partial charge in [-0.1, -0.05) is 5.21 Å². The summed E-state index contributed by atoms with van der Waals surface area (Å²) in [5, 5.41) is 10.9. The van der Waals surface area contributed by atoms with Crippen LogP contribution in [0.2, 0.25) is 0 Å². The quantitative estimate of drug-likeness (QED) is 0.863.